The summed E-state index contributed by atoms with van der Waals surface area (Å²) >= 11 is 3.41. The van der Waals surface area contributed by atoms with Crippen LogP contribution >= 0.6 is 15.9 Å². The number of carbonyl (C=O) groups is 1. The number of rotatable bonds is 4. The summed E-state index contributed by atoms with van der Waals surface area (Å²) in [7, 11) is 1.58. The van der Waals surface area contributed by atoms with E-state index in [9.17, 15) is 4.79 Å². The van der Waals surface area contributed by atoms with Crippen LogP contribution in [0.1, 0.15) is 11.3 Å². The van der Waals surface area contributed by atoms with Gasteiger partial charge in [0.25, 0.3) is 0 Å². The first kappa shape index (κ1) is 17.3. The average Bonchev–Trinajstić information content (AvgIpc) is 3.30. The molecule has 0 bridgehead atoms. The van der Waals surface area contributed by atoms with Gasteiger partial charge in [-0.15, -0.1) is 0 Å². The highest BCUT2D eigenvalue weighted by molar-refractivity contribution is 9.10. The van der Waals surface area contributed by atoms with Crippen LogP contribution in [0.25, 0.3) is 17.4 Å². The summed E-state index contributed by atoms with van der Waals surface area (Å²) in [6.07, 6.45) is 1.54. The number of hydrogen-bond donors (Lipinski definition) is 0. The van der Waals surface area contributed by atoms with Gasteiger partial charge in [0.15, 0.2) is 5.76 Å². The molecule has 2 heterocycles. The highest BCUT2D eigenvalue weighted by Gasteiger charge is 2.24. The standard InChI is InChI=1S/C21H14BrNO4/c1-25-16-4-2-3-14(11-16)21-23-20(24)19(27-21)12-17-9-10-18(26-17)13-5-7-15(22)8-6-13/h2-12H,1H3. The lowest BCUT2D eigenvalue weighted by molar-refractivity contribution is -0.115. The second-order valence-electron chi connectivity index (χ2n) is 5.77. The number of nitrogens with zero attached hydrogens (tertiary/aromatic N) is 1. The summed E-state index contributed by atoms with van der Waals surface area (Å²) in [6, 6.07) is 18.6. The third-order valence-corrected chi connectivity index (χ3v) is 4.49. The minimum Gasteiger partial charge on any atom is -0.497 e. The molecule has 0 atom stereocenters. The number of aliphatic imine (C=N–C) groups is 1. The van der Waals surface area contributed by atoms with Crippen molar-refractivity contribution in [3.05, 3.63) is 82.2 Å². The number of hydrogen-bond acceptors (Lipinski definition) is 4. The summed E-state index contributed by atoms with van der Waals surface area (Å²) in [5, 5.41) is 0. The van der Waals surface area contributed by atoms with Gasteiger partial charge in [0.05, 0.1) is 7.11 Å². The Morgan fingerprint density at radius 2 is 1.85 bits per heavy atom. The summed E-state index contributed by atoms with van der Waals surface area (Å²) in [4.78, 5) is 16.1. The second kappa shape index (κ2) is 7.25. The smallest absolute Gasteiger partial charge is 0.316 e. The van der Waals surface area contributed by atoms with Crippen molar-refractivity contribution >= 4 is 33.8 Å². The molecule has 134 valence electrons. The highest BCUT2D eigenvalue weighted by atomic mass is 79.9. The van der Waals surface area contributed by atoms with E-state index in [1.165, 1.54) is 0 Å². The normalized spacial score (nSPS) is 15.0. The van der Waals surface area contributed by atoms with Gasteiger partial charge in [0, 0.05) is 21.7 Å². The highest BCUT2D eigenvalue weighted by Crippen LogP contribution is 2.27. The molecule has 1 aromatic heterocycles. The molecule has 0 spiro atoms. The van der Waals surface area contributed by atoms with Gasteiger partial charge in [-0.05, 0) is 42.5 Å². The molecular formula is C21H14BrNO4. The van der Waals surface area contributed by atoms with Crippen molar-refractivity contribution in [3.8, 4) is 17.1 Å². The van der Waals surface area contributed by atoms with Crippen molar-refractivity contribution in [1.29, 1.82) is 0 Å². The quantitative estimate of drug-likeness (QED) is 0.550. The van der Waals surface area contributed by atoms with Crippen LogP contribution < -0.4 is 4.74 Å². The van der Waals surface area contributed by atoms with E-state index in [1.807, 2.05) is 42.5 Å². The summed E-state index contributed by atoms with van der Waals surface area (Å²) in [5.41, 5.74) is 1.61. The molecule has 0 N–H and O–H groups in total. The fraction of sp³-hybridized carbons (Fsp3) is 0.0476. The van der Waals surface area contributed by atoms with Gasteiger partial charge >= 0.3 is 5.91 Å². The predicted octanol–water partition coefficient (Wildman–Crippen LogP) is 5.06. The Hall–Kier alpha value is -3.12. The molecule has 0 aliphatic carbocycles. The number of benzene rings is 2. The molecule has 6 heteroatoms. The van der Waals surface area contributed by atoms with Crippen LogP contribution in [-0.2, 0) is 9.53 Å². The molecule has 4 rings (SSSR count). The Balaban J connectivity index is 1.55. The first-order valence-electron chi connectivity index (χ1n) is 8.15. The van der Waals surface area contributed by atoms with Crippen molar-refractivity contribution in [2.45, 2.75) is 0 Å². The topological polar surface area (TPSA) is 61.0 Å². The van der Waals surface area contributed by atoms with E-state index in [4.69, 9.17) is 13.9 Å². The Morgan fingerprint density at radius 1 is 1.04 bits per heavy atom. The molecule has 1 amide bonds. The van der Waals surface area contributed by atoms with Crippen LogP contribution in [0.15, 0.2) is 80.3 Å². The summed E-state index contributed by atoms with van der Waals surface area (Å²) < 4.78 is 17.6. The van der Waals surface area contributed by atoms with Crippen LogP contribution in [0.3, 0.4) is 0 Å². The van der Waals surface area contributed by atoms with Crippen LogP contribution in [0.2, 0.25) is 0 Å². The molecule has 0 fully saturated rings. The lowest BCUT2D eigenvalue weighted by Gasteiger charge is -2.04. The van der Waals surface area contributed by atoms with Crippen LogP contribution in [-0.4, -0.2) is 18.9 Å². The molecule has 0 radical (unpaired) electrons. The van der Waals surface area contributed by atoms with E-state index < -0.39 is 5.91 Å². The average molecular weight is 424 g/mol. The number of ether oxygens (including phenoxy) is 2. The van der Waals surface area contributed by atoms with Gasteiger partial charge in [0.1, 0.15) is 17.3 Å². The molecule has 1 aliphatic rings. The van der Waals surface area contributed by atoms with Gasteiger partial charge in [0.2, 0.25) is 5.90 Å². The fourth-order valence-electron chi connectivity index (χ4n) is 2.62. The Labute approximate surface area is 164 Å². The Bertz CT molecular complexity index is 1060. The SMILES string of the molecule is COc1cccc(C2=NC(=O)C(=Cc3ccc(-c4ccc(Br)cc4)o3)O2)c1. The van der Waals surface area contributed by atoms with Crippen molar-refractivity contribution in [3.63, 3.8) is 0 Å². The van der Waals surface area contributed by atoms with Crippen molar-refractivity contribution < 1.29 is 18.7 Å². The molecule has 5 nitrogen and oxygen atoms in total. The third-order valence-electron chi connectivity index (χ3n) is 3.97. The molecule has 2 aromatic carbocycles. The van der Waals surface area contributed by atoms with E-state index in [1.54, 1.807) is 31.4 Å². The van der Waals surface area contributed by atoms with Crippen LogP contribution in [0, 0.1) is 0 Å². The lowest BCUT2D eigenvalue weighted by atomic mass is 10.2. The first-order chi connectivity index (χ1) is 13.1. The number of carbonyl (C=O) groups excluding carboxylic acids is 1. The van der Waals surface area contributed by atoms with Crippen LogP contribution in [0.4, 0.5) is 0 Å². The van der Waals surface area contributed by atoms with E-state index in [2.05, 4.69) is 20.9 Å². The lowest BCUT2D eigenvalue weighted by Crippen LogP contribution is -2.00. The van der Waals surface area contributed by atoms with Gasteiger partial charge in [-0.2, -0.15) is 4.99 Å². The van der Waals surface area contributed by atoms with Gasteiger partial charge in [-0.1, -0.05) is 34.1 Å². The molecule has 27 heavy (non-hydrogen) atoms. The van der Waals surface area contributed by atoms with E-state index in [-0.39, 0.29) is 11.7 Å². The maximum absolute atomic E-state index is 12.2. The number of halogens is 1. The van der Waals surface area contributed by atoms with Crippen molar-refractivity contribution in [2.24, 2.45) is 4.99 Å². The molecule has 3 aromatic rings. The maximum atomic E-state index is 12.2. The van der Waals surface area contributed by atoms with Gasteiger partial charge < -0.3 is 13.9 Å². The zero-order chi connectivity index (χ0) is 18.8. The van der Waals surface area contributed by atoms with Gasteiger partial charge in [-0.3, -0.25) is 4.79 Å². The molecule has 0 saturated carbocycles. The Morgan fingerprint density at radius 3 is 2.63 bits per heavy atom. The Kier molecular flexibility index (Phi) is 4.64. The minimum absolute atomic E-state index is 0.115. The number of amides is 1. The van der Waals surface area contributed by atoms with Crippen molar-refractivity contribution in [2.75, 3.05) is 7.11 Å². The first-order valence-corrected chi connectivity index (χ1v) is 8.94. The fourth-order valence-corrected chi connectivity index (χ4v) is 2.88. The van der Waals surface area contributed by atoms with Crippen molar-refractivity contribution in [1.82, 2.24) is 0 Å². The van der Waals surface area contributed by atoms with Gasteiger partial charge in [-0.25, -0.2) is 0 Å². The predicted molar refractivity (Wildman–Crippen MR) is 105 cm³/mol. The molecular weight excluding hydrogens is 410 g/mol. The number of methoxy groups -OCH3 is 1. The minimum atomic E-state index is -0.450. The van der Waals surface area contributed by atoms with E-state index >= 15 is 0 Å². The van der Waals surface area contributed by atoms with Crippen LogP contribution in [0.5, 0.6) is 5.75 Å². The van der Waals surface area contributed by atoms with E-state index in [0.717, 1.165) is 10.0 Å². The molecule has 0 saturated heterocycles. The molecule has 0 unspecified atom stereocenters. The third kappa shape index (κ3) is 3.71. The maximum Gasteiger partial charge on any atom is 0.316 e. The monoisotopic (exact) mass is 423 g/mol. The summed E-state index contributed by atoms with van der Waals surface area (Å²) in [5.74, 6) is 1.78. The van der Waals surface area contributed by atoms with E-state index in [0.29, 0.717) is 22.8 Å². The number of furan rings is 1. The largest absolute Gasteiger partial charge is 0.497 e. The summed E-state index contributed by atoms with van der Waals surface area (Å²) in [6.45, 7) is 0. The zero-order valence-electron chi connectivity index (χ0n) is 14.3. The molecule has 1 aliphatic heterocycles. The zero-order valence-corrected chi connectivity index (χ0v) is 15.9. The second-order valence-corrected chi connectivity index (χ2v) is 6.69.